The van der Waals surface area contributed by atoms with Crippen LogP contribution in [0.3, 0.4) is 0 Å². The van der Waals surface area contributed by atoms with Crippen LogP contribution < -0.4 is 0 Å². The van der Waals surface area contributed by atoms with Gasteiger partial charge in [-0.05, 0) is 20.3 Å². The number of hydrogen-bond acceptors (Lipinski definition) is 3. The van der Waals surface area contributed by atoms with Gasteiger partial charge in [0.2, 0.25) is 0 Å². The second-order valence-electron chi connectivity index (χ2n) is 5.00. The van der Waals surface area contributed by atoms with Crippen molar-refractivity contribution in [2.45, 2.75) is 44.4 Å². The molecule has 3 aliphatic rings. The highest BCUT2D eigenvalue weighted by molar-refractivity contribution is 5.15. The van der Waals surface area contributed by atoms with Crippen LogP contribution in [0.25, 0.3) is 0 Å². The van der Waals surface area contributed by atoms with Gasteiger partial charge in [-0.3, -0.25) is 0 Å². The average molecular weight is 196 g/mol. The largest absolute Gasteiger partial charge is 0.389 e. The Hall–Kier alpha value is -0.380. The average Bonchev–Trinajstić information content (AvgIpc) is 2.53. The molecule has 0 amide bonds. The van der Waals surface area contributed by atoms with Gasteiger partial charge in [0.05, 0.1) is 18.3 Å². The lowest BCUT2D eigenvalue weighted by atomic mass is 9.92. The Bertz CT molecular complexity index is 284. The summed E-state index contributed by atoms with van der Waals surface area (Å²) in [7, 11) is 0. The Morgan fingerprint density at radius 3 is 2.71 bits per heavy atom. The highest BCUT2D eigenvalue weighted by Crippen LogP contribution is 2.48. The SMILES string of the molecule is CC1(C)OC2C3C=CC(O)C(C3)C2O1. The molecule has 5 unspecified atom stereocenters. The maximum atomic E-state index is 9.79. The van der Waals surface area contributed by atoms with Crippen LogP contribution >= 0.6 is 0 Å². The molecular formula is C11H16O3. The summed E-state index contributed by atoms with van der Waals surface area (Å²) in [4.78, 5) is 0. The highest BCUT2D eigenvalue weighted by Gasteiger charge is 2.55. The molecule has 3 rings (SSSR count). The third-order valence-corrected chi connectivity index (χ3v) is 3.55. The van der Waals surface area contributed by atoms with Crippen molar-refractivity contribution in [1.82, 2.24) is 0 Å². The number of fused-ring (bicyclic) bond motifs is 5. The Kier molecular flexibility index (Phi) is 1.65. The third kappa shape index (κ3) is 1.09. The summed E-state index contributed by atoms with van der Waals surface area (Å²) in [6.07, 6.45) is 4.86. The first-order valence-corrected chi connectivity index (χ1v) is 5.29. The fourth-order valence-corrected chi connectivity index (χ4v) is 2.98. The van der Waals surface area contributed by atoms with E-state index in [4.69, 9.17) is 9.47 Å². The van der Waals surface area contributed by atoms with Gasteiger partial charge in [0.15, 0.2) is 5.79 Å². The minimum atomic E-state index is -0.475. The van der Waals surface area contributed by atoms with E-state index < -0.39 is 5.79 Å². The maximum Gasteiger partial charge on any atom is 0.163 e. The normalized spacial score (nSPS) is 53.5. The van der Waals surface area contributed by atoms with Crippen molar-refractivity contribution in [1.29, 1.82) is 0 Å². The molecule has 0 aromatic heterocycles. The zero-order valence-electron chi connectivity index (χ0n) is 8.51. The zero-order chi connectivity index (χ0) is 9.92. The number of hydrogen-bond donors (Lipinski definition) is 1. The highest BCUT2D eigenvalue weighted by atomic mass is 16.8. The van der Waals surface area contributed by atoms with Crippen LogP contribution in [-0.2, 0) is 9.47 Å². The van der Waals surface area contributed by atoms with Crippen LogP contribution in [0.4, 0.5) is 0 Å². The molecule has 1 N–H and O–H groups in total. The molecule has 0 spiro atoms. The van der Waals surface area contributed by atoms with Gasteiger partial charge in [0, 0.05) is 11.8 Å². The predicted octanol–water partition coefficient (Wildman–Crippen LogP) is 1.07. The van der Waals surface area contributed by atoms with E-state index in [2.05, 4.69) is 6.08 Å². The summed E-state index contributed by atoms with van der Waals surface area (Å²) in [5.41, 5.74) is 0. The zero-order valence-corrected chi connectivity index (χ0v) is 8.51. The van der Waals surface area contributed by atoms with Gasteiger partial charge >= 0.3 is 0 Å². The van der Waals surface area contributed by atoms with E-state index >= 15 is 0 Å². The van der Waals surface area contributed by atoms with Crippen LogP contribution in [0.5, 0.6) is 0 Å². The molecular weight excluding hydrogens is 180 g/mol. The molecule has 78 valence electrons. The first-order valence-electron chi connectivity index (χ1n) is 5.29. The second kappa shape index (κ2) is 2.60. The number of rotatable bonds is 0. The second-order valence-corrected chi connectivity index (χ2v) is 5.00. The van der Waals surface area contributed by atoms with Gasteiger partial charge in [-0.2, -0.15) is 0 Å². The Morgan fingerprint density at radius 1 is 1.21 bits per heavy atom. The monoisotopic (exact) mass is 196 g/mol. The van der Waals surface area contributed by atoms with Crippen molar-refractivity contribution < 1.29 is 14.6 Å². The first-order chi connectivity index (χ1) is 6.57. The van der Waals surface area contributed by atoms with Gasteiger partial charge in [0.1, 0.15) is 0 Å². The lowest BCUT2D eigenvalue weighted by molar-refractivity contribution is -0.163. The molecule has 3 nitrogen and oxygen atoms in total. The third-order valence-electron chi connectivity index (χ3n) is 3.55. The summed E-state index contributed by atoms with van der Waals surface area (Å²) in [6.45, 7) is 3.88. The van der Waals surface area contributed by atoms with Crippen LogP contribution in [-0.4, -0.2) is 29.2 Å². The van der Waals surface area contributed by atoms with Crippen molar-refractivity contribution in [3.8, 4) is 0 Å². The molecule has 1 saturated carbocycles. The standard InChI is InChI=1S/C11H16O3/c1-11(2)13-9-6-3-4-8(12)7(5-6)10(9)14-11/h3-4,6-10,12H,5H2,1-2H3. The summed E-state index contributed by atoms with van der Waals surface area (Å²) in [6, 6.07) is 0. The molecule has 5 atom stereocenters. The molecule has 0 aromatic rings. The van der Waals surface area contributed by atoms with Crippen molar-refractivity contribution >= 4 is 0 Å². The molecule has 14 heavy (non-hydrogen) atoms. The Labute approximate surface area is 83.7 Å². The summed E-state index contributed by atoms with van der Waals surface area (Å²) >= 11 is 0. The van der Waals surface area contributed by atoms with Crippen molar-refractivity contribution in [3.05, 3.63) is 12.2 Å². The number of aliphatic hydroxyl groups excluding tert-OH is 1. The number of aliphatic hydroxyl groups is 1. The van der Waals surface area contributed by atoms with Gasteiger partial charge in [-0.25, -0.2) is 0 Å². The van der Waals surface area contributed by atoms with E-state index in [-0.39, 0.29) is 24.2 Å². The maximum absolute atomic E-state index is 9.79. The molecule has 2 aliphatic carbocycles. The predicted molar refractivity (Wildman–Crippen MR) is 50.6 cm³/mol. The molecule has 0 radical (unpaired) electrons. The van der Waals surface area contributed by atoms with E-state index in [1.165, 1.54) is 0 Å². The van der Waals surface area contributed by atoms with Crippen LogP contribution in [0.15, 0.2) is 12.2 Å². The van der Waals surface area contributed by atoms with Gasteiger partial charge in [-0.1, -0.05) is 12.2 Å². The molecule has 1 aliphatic heterocycles. The van der Waals surface area contributed by atoms with E-state index in [1.54, 1.807) is 0 Å². The molecule has 2 fully saturated rings. The first kappa shape index (κ1) is 8.89. The van der Waals surface area contributed by atoms with Crippen molar-refractivity contribution in [2.75, 3.05) is 0 Å². The van der Waals surface area contributed by atoms with Gasteiger partial charge < -0.3 is 14.6 Å². The molecule has 1 saturated heterocycles. The lowest BCUT2D eigenvalue weighted by Gasteiger charge is -2.26. The molecule has 0 aromatic carbocycles. The molecule has 3 heteroatoms. The molecule has 1 heterocycles. The Morgan fingerprint density at radius 2 is 1.93 bits per heavy atom. The van der Waals surface area contributed by atoms with E-state index in [0.29, 0.717) is 5.92 Å². The lowest BCUT2D eigenvalue weighted by Crippen LogP contribution is -2.31. The molecule has 2 bridgehead atoms. The van der Waals surface area contributed by atoms with E-state index in [1.807, 2.05) is 19.9 Å². The minimum Gasteiger partial charge on any atom is -0.389 e. The van der Waals surface area contributed by atoms with Crippen LogP contribution in [0.2, 0.25) is 0 Å². The van der Waals surface area contributed by atoms with Gasteiger partial charge in [-0.15, -0.1) is 0 Å². The van der Waals surface area contributed by atoms with Crippen LogP contribution in [0, 0.1) is 11.8 Å². The smallest absolute Gasteiger partial charge is 0.163 e. The van der Waals surface area contributed by atoms with E-state index in [9.17, 15) is 5.11 Å². The van der Waals surface area contributed by atoms with E-state index in [0.717, 1.165) is 6.42 Å². The fraction of sp³-hybridized carbons (Fsp3) is 0.818. The quantitative estimate of drug-likeness (QED) is 0.589. The minimum absolute atomic E-state index is 0.0833. The summed E-state index contributed by atoms with van der Waals surface area (Å²) in [5, 5.41) is 9.79. The van der Waals surface area contributed by atoms with Crippen LogP contribution in [0.1, 0.15) is 20.3 Å². The fourth-order valence-electron chi connectivity index (χ4n) is 2.98. The van der Waals surface area contributed by atoms with Crippen molar-refractivity contribution in [2.24, 2.45) is 11.8 Å². The van der Waals surface area contributed by atoms with Gasteiger partial charge in [0.25, 0.3) is 0 Å². The summed E-state index contributed by atoms with van der Waals surface area (Å²) in [5.74, 6) is 0.198. The Balaban J connectivity index is 1.91. The summed E-state index contributed by atoms with van der Waals surface area (Å²) < 4.78 is 11.7. The van der Waals surface area contributed by atoms with Crippen molar-refractivity contribution in [3.63, 3.8) is 0 Å². The topological polar surface area (TPSA) is 38.7 Å². The number of ether oxygens (including phenoxy) is 2.